The molecule has 1 aromatic rings. The molecule has 0 saturated carbocycles. The van der Waals surface area contributed by atoms with Crippen LogP contribution in [-0.4, -0.2) is 24.2 Å². The van der Waals surface area contributed by atoms with E-state index in [2.05, 4.69) is 5.32 Å². The Hall–Kier alpha value is -1.63. The molecule has 0 aliphatic rings. The Bertz CT molecular complexity index is 341. The Morgan fingerprint density at radius 2 is 2.07 bits per heavy atom. The highest BCUT2D eigenvalue weighted by atomic mass is 16.3. The largest absolute Gasteiger partial charge is 0.395 e. The summed E-state index contributed by atoms with van der Waals surface area (Å²) in [6.45, 7) is 0.0885. The molecule has 0 aromatic heterocycles. The number of para-hydroxylation sites is 1. The van der Waals surface area contributed by atoms with E-state index in [0.717, 1.165) is 5.12 Å². The van der Waals surface area contributed by atoms with E-state index in [-0.39, 0.29) is 19.1 Å². The van der Waals surface area contributed by atoms with Crippen LogP contribution in [0.4, 0.5) is 5.69 Å². The summed E-state index contributed by atoms with van der Waals surface area (Å²) in [5, 5.41) is 12.0. The first-order valence-corrected chi connectivity index (χ1v) is 4.44. The van der Waals surface area contributed by atoms with Crippen LogP contribution in [0, 0.1) is 0 Å². The lowest BCUT2D eigenvalue weighted by Gasteiger charge is -2.15. The molecule has 0 fully saturated rings. The Kier molecular flexibility index (Phi) is 4.04. The van der Waals surface area contributed by atoms with Crippen molar-refractivity contribution in [3.63, 3.8) is 0 Å². The van der Waals surface area contributed by atoms with E-state index >= 15 is 0 Å². The Labute approximate surface area is 87.4 Å². The van der Waals surface area contributed by atoms with Gasteiger partial charge in [0, 0.05) is 6.54 Å². The van der Waals surface area contributed by atoms with Gasteiger partial charge in [-0.05, 0) is 12.1 Å². The van der Waals surface area contributed by atoms with E-state index < -0.39 is 0 Å². The highest BCUT2D eigenvalue weighted by Gasteiger charge is 2.11. The molecule has 1 rings (SSSR count). The highest BCUT2D eigenvalue weighted by molar-refractivity contribution is 5.99. The molecule has 0 heterocycles. The van der Waals surface area contributed by atoms with Gasteiger partial charge in [0.1, 0.15) is 0 Å². The van der Waals surface area contributed by atoms with Crippen LogP contribution >= 0.6 is 0 Å². The molecule has 6 heteroatoms. The van der Waals surface area contributed by atoms with Gasteiger partial charge in [-0.15, -0.1) is 0 Å². The van der Waals surface area contributed by atoms with E-state index in [1.165, 1.54) is 0 Å². The number of hydrogen-bond acceptors (Lipinski definition) is 5. The molecule has 0 atom stereocenters. The van der Waals surface area contributed by atoms with Crippen molar-refractivity contribution in [3.05, 3.63) is 29.8 Å². The maximum Gasteiger partial charge on any atom is 0.253 e. The number of nitrogens with zero attached hydrogens (tertiary/aromatic N) is 1. The number of hydrazine groups is 2. The lowest BCUT2D eigenvalue weighted by atomic mass is 10.1. The standard InChI is InChI=1S/C9H14N4O2/c10-13(11)8-4-2-1-3-7(8)9(15)12-5-6-14/h1-4,14H,5-6,10-11H2,(H,12,15). The fraction of sp³-hybridized carbons (Fsp3) is 0.222. The van der Waals surface area contributed by atoms with Crippen LogP contribution in [0.1, 0.15) is 10.4 Å². The van der Waals surface area contributed by atoms with Gasteiger partial charge < -0.3 is 10.4 Å². The summed E-state index contributed by atoms with van der Waals surface area (Å²) in [4.78, 5) is 11.6. The Morgan fingerprint density at radius 3 is 2.67 bits per heavy atom. The summed E-state index contributed by atoms with van der Waals surface area (Å²) in [5.74, 6) is 10.4. The third-order valence-electron chi connectivity index (χ3n) is 1.82. The number of aliphatic hydroxyl groups is 1. The van der Waals surface area contributed by atoms with E-state index in [0.29, 0.717) is 11.3 Å². The summed E-state index contributed by atoms with van der Waals surface area (Å²) in [7, 11) is 0. The predicted molar refractivity (Wildman–Crippen MR) is 56.7 cm³/mol. The topological polar surface area (TPSA) is 105 Å². The van der Waals surface area contributed by atoms with Crippen molar-refractivity contribution in [3.8, 4) is 0 Å². The van der Waals surface area contributed by atoms with E-state index in [4.69, 9.17) is 16.8 Å². The molecular weight excluding hydrogens is 196 g/mol. The van der Waals surface area contributed by atoms with Crippen LogP contribution in [0.3, 0.4) is 0 Å². The van der Waals surface area contributed by atoms with E-state index in [1.807, 2.05) is 0 Å². The summed E-state index contributed by atoms with van der Waals surface area (Å²) >= 11 is 0. The van der Waals surface area contributed by atoms with Crippen molar-refractivity contribution in [2.45, 2.75) is 0 Å². The third kappa shape index (κ3) is 2.91. The van der Waals surface area contributed by atoms with Crippen molar-refractivity contribution < 1.29 is 9.90 Å². The fourth-order valence-electron chi connectivity index (χ4n) is 1.16. The predicted octanol–water partition coefficient (Wildman–Crippen LogP) is -1.04. The fourth-order valence-corrected chi connectivity index (χ4v) is 1.16. The van der Waals surface area contributed by atoms with Crippen LogP contribution in [-0.2, 0) is 0 Å². The first-order chi connectivity index (χ1) is 7.16. The molecule has 82 valence electrons. The molecule has 6 nitrogen and oxygen atoms in total. The second-order valence-electron chi connectivity index (χ2n) is 2.90. The quantitative estimate of drug-likeness (QED) is 0.375. The number of rotatable bonds is 4. The molecule has 0 spiro atoms. The molecule has 6 N–H and O–H groups in total. The molecular formula is C9H14N4O2. The lowest BCUT2D eigenvalue weighted by Crippen LogP contribution is -2.40. The van der Waals surface area contributed by atoms with Gasteiger partial charge in [0.2, 0.25) is 0 Å². The second-order valence-corrected chi connectivity index (χ2v) is 2.90. The SMILES string of the molecule is NN(N)c1ccccc1C(=O)NCCO. The van der Waals surface area contributed by atoms with Crippen molar-refractivity contribution >= 4 is 11.6 Å². The van der Waals surface area contributed by atoms with Crippen molar-refractivity contribution in [2.75, 3.05) is 18.3 Å². The van der Waals surface area contributed by atoms with Crippen LogP contribution < -0.4 is 22.1 Å². The zero-order valence-electron chi connectivity index (χ0n) is 8.18. The summed E-state index contributed by atoms with van der Waals surface area (Å²) in [6.07, 6.45) is 0. The molecule has 0 radical (unpaired) electrons. The maximum atomic E-state index is 11.6. The first-order valence-electron chi connectivity index (χ1n) is 4.44. The molecule has 15 heavy (non-hydrogen) atoms. The number of nitrogens with one attached hydrogen (secondary N) is 1. The Balaban J connectivity index is 2.87. The highest BCUT2D eigenvalue weighted by Crippen LogP contribution is 2.15. The summed E-state index contributed by atoms with van der Waals surface area (Å²) < 4.78 is 0. The number of anilines is 1. The minimum Gasteiger partial charge on any atom is -0.395 e. The van der Waals surface area contributed by atoms with Gasteiger partial charge in [0.15, 0.2) is 0 Å². The smallest absolute Gasteiger partial charge is 0.253 e. The first kappa shape index (κ1) is 11.4. The molecule has 0 aliphatic heterocycles. The lowest BCUT2D eigenvalue weighted by molar-refractivity contribution is 0.0945. The number of nitrogens with two attached hydrogens (primary N) is 2. The van der Waals surface area contributed by atoms with E-state index in [1.54, 1.807) is 24.3 Å². The number of carbonyl (C=O) groups is 1. The number of hydrogen-bond donors (Lipinski definition) is 4. The normalized spacial score (nSPS) is 9.80. The van der Waals surface area contributed by atoms with E-state index in [9.17, 15) is 4.79 Å². The van der Waals surface area contributed by atoms with Gasteiger partial charge >= 0.3 is 0 Å². The van der Waals surface area contributed by atoms with Crippen LogP contribution in [0.25, 0.3) is 0 Å². The average Bonchev–Trinajstić information content (AvgIpc) is 2.25. The third-order valence-corrected chi connectivity index (χ3v) is 1.82. The number of aliphatic hydroxyl groups excluding tert-OH is 1. The van der Waals surface area contributed by atoms with Gasteiger partial charge in [0.05, 0.1) is 17.9 Å². The molecule has 1 amide bonds. The molecule has 0 aliphatic carbocycles. The van der Waals surface area contributed by atoms with Crippen LogP contribution in [0.5, 0.6) is 0 Å². The maximum absolute atomic E-state index is 11.6. The van der Waals surface area contributed by atoms with Crippen LogP contribution in [0.15, 0.2) is 24.3 Å². The average molecular weight is 210 g/mol. The van der Waals surface area contributed by atoms with Crippen molar-refractivity contribution in [1.82, 2.24) is 5.32 Å². The van der Waals surface area contributed by atoms with Crippen LogP contribution in [0.2, 0.25) is 0 Å². The molecule has 1 aromatic carbocycles. The summed E-state index contributed by atoms with van der Waals surface area (Å²) in [6, 6.07) is 6.67. The molecule has 0 saturated heterocycles. The molecule has 0 unspecified atom stereocenters. The minimum absolute atomic E-state index is 0.108. The zero-order valence-corrected chi connectivity index (χ0v) is 8.18. The molecule has 0 bridgehead atoms. The van der Waals surface area contributed by atoms with Gasteiger partial charge in [0.25, 0.3) is 5.91 Å². The van der Waals surface area contributed by atoms with Gasteiger partial charge in [-0.2, -0.15) is 0 Å². The van der Waals surface area contributed by atoms with Gasteiger partial charge in [-0.25, -0.2) is 16.8 Å². The zero-order chi connectivity index (χ0) is 11.3. The number of amides is 1. The number of benzene rings is 1. The van der Waals surface area contributed by atoms with Crippen molar-refractivity contribution in [2.24, 2.45) is 11.7 Å². The van der Waals surface area contributed by atoms with Gasteiger partial charge in [-0.1, -0.05) is 12.1 Å². The van der Waals surface area contributed by atoms with Gasteiger partial charge in [-0.3, -0.25) is 4.79 Å². The monoisotopic (exact) mass is 210 g/mol. The van der Waals surface area contributed by atoms with Crippen molar-refractivity contribution in [1.29, 1.82) is 0 Å². The second kappa shape index (κ2) is 5.30. The number of carbonyl (C=O) groups excluding carboxylic acids is 1. The minimum atomic E-state index is -0.319. The Morgan fingerprint density at radius 1 is 1.40 bits per heavy atom. The summed E-state index contributed by atoms with van der Waals surface area (Å²) in [5.41, 5.74) is 0.795.